The van der Waals surface area contributed by atoms with Crippen LogP contribution in [-0.4, -0.2) is 24.2 Å². The third kappa shape index (κ3) is 5.42. The Hall–Kier alpha value is -3.22. The first-order chi connectivity index (χ1) is 11.8. The minimum atomic E-state index is -0.507. The number of ether oxygens (including phenoxy) is 1. The molecule has 2 aromatic rings. The van der Waals surface area contributed by atoms with Crippen LogP contribution in [0.1, 0.15) is 24.2 Å². The van der Waals surface area contributed by atoms with E-state index in [0.29, 0.717) is 16.9 Å². The number of anilines is 2. The number of carbonyl (C=O) groups excluding carboxylic acids is 3. The van der Waals surface area contributed by atoms with Crippen molar-refractivity contribution in [3.8, 4) is 5.75 Å². The summed E-state index contributed by atoms with van der Waals surface area (Å²) >= 11 is 0. The normalized spacial score (nSPS) is 10.0. The third-order valence-corrected chi connectivity index (χ3v) is 3.17. The summed E-state index contributed by atoms with van der Waals surface area (Å²) in [4.78, 5) is 34.7. The molecule has 0 aromatic heterocycles. The van der Waals surface area contributed by atoms with Gasteiger partial charge in [0.05, 0.1) is 5.69 Å². The number of benzene rings is 2. The molecule has 6 nitrogen and oxygen atoms in total. The van der Waals surface area contributed by atoms with Crippen LogP contribution < -0.4 is 15.4 Å². The number of carbonyl (C=O) groups is 3. The lowest BCUT2D eigenvalue weighted by Crippen LogP contribution is -2.21. The Morgan fingerprint density at radius 2 is 1.80 bits per heavy atom. The van der Waals surface area contributed by atoms with Gasteiger partial charge in [-0.15, -0.1) is 0 Å². The fourth-order valence-electron chi connectivity index (χ4n) is 2.06. The van der Waals surface area contributed by atoms with E-state index in [9.17, 15) is 18.8 Å². The Morgan fingerprint density at radius 3 is 2.44 bits per heavy atom. The van der Waals surface area contributed by atoms with Crippen molar-refractivity contribution in [1.82, 2.24) is 0 Å². The number of rotatable bonds is 6. The summed E-state index contributed by atoms with van der Waals surface area (Å²) < 4.78 is 18.5. The van der Waals surface area contributed by atoms with Gasteiger partial charge in [0.1, 0.15) is 11.6 Å². The summed E-state index contributed by atoms with van der Waals surface area (Å²) in [5, 5.41) is 5.06. The quantitative estimate of drug-likeness (QED) is 0.789. The molecule has 0 radical (unpaired) electrons. The first-order valence-corrected chi connectivity index (χ1v) is 7.46. The second-order valence-corrected chi connectivity index (χ2v) is 5.30. The SMILES string of the molecule is CC(=O)Nc1ccc(C(C)=O)cc1OCC(=O)Nc1cccc(F)c1. The maximum Gasteiger partial charge on any atom is 0.262 e. The number of hydrogen-bond donors (Lipinski definition) is 2. The maximum absolute atomic E-state index is 13.1. The lowest BCUT2D eigenvalue weighted by Gasteiger charge is -2.13. The highest BCUT2D eigenvalue weighted by atomic mass is 19.1. The van der Waals surface area contributed by atoms with E-state index in [-0.39, 0.29) is 24.0 Å². The van der Waals surface area contributed by atoms with Crippen molar-refractivity contribution in [2.24, 2.45) is 0 Å². The van der Waals surface area contributed by atoms with E-state index < -0.39 is 11.7 Å². The third-order valence-electron chi connectivity index (χ3n) is 3.17. The molecule has 130 valence electrons. The first kappa shape index (κ1) is 18.1. The first-order valence-electron chi connectivity index (χ1n) is 7.46. The summed E-state index contributed by atoms with van der Waals surface area (Å²) in [6.07, 6.45) is 0. The van der Waals surface area contributed by atoms with Gasteiger partial charge in [0.25, 0.3) is 5.91 Å². The van der Waals surface area contributed by atoms with Gasteiger partial charge >= 0.3 is 0 Å². The second-order valence-electron chi connectivity index (χ2n) is 5.30. The van der Waals surface area contributed by atoms with E-state index in [1.807, 2.05) is 0 Å². The van der Waals surface area contributed by atoms with E-state index in [2.05, 4.69) is 10.6 Å². The van der Waals surface area contributed by atoms with Crippen LogP contribution in [0.2, 0.25) is 0 Å². The standard InChI is InChI=1S/C18H17FN2O4/c1-11(22)13-6-7-16(20-12(2)23)17(8-13)25-10-18(24)21-15-5-3-4-14(19)9-15/h3-9H,10H2,1-2H3,(H,20,23)(H,21,24). The van der Waals surface area contributed by atoms with Crippen molar-refractivity contribution in [2.45, 2.75) is 13.8 Å². The maximum atomic E-state index is 13.1. The smallest absolute Gasteiger partial charge is 0.262 e. The lowest BCUT2D eigenvalue weighted by molar-refractivity contribution is -0.118. The monoisotopic (exact) mass is 344 g/mol. The molecule has 2 N–H and O–H groups in total. The van der Waals surface area contributed by atoms with Crippen LogP contribution in [0.5, 0.6) is 5.75 Å². The number of amides is 2. The number of halogens is 1. The van der Waals surface area contributed by atoms with Gasteiger partial charge in [-0.05, 0) is 43.3 Å². The fraction of sp³-hybridized carbons (Fsp3) is 0.167. The van der Waals surface area contributed by atoms with Crippen molar-refractivity contribution in [1.29, 1.82) is 0 Å². The highest BCUT2D eigenvalue weighted by molar-refractivity contribution is 5.97. The number of Topliss-reactive ketones (excluding diaryl/α,β-unsaturated/α-hetero) is 1. The molecule has 0 atom stereocenters. The van der Waals surface area contributed by atoms with Gasteiger partial charge in [0, 0.05) is 18.2 Å². The molecule has 0 heterocycles. The number of hydrogen-bond acceptors (Lipinski definition) is 4. The molecule has 2 rings (SSSR count). The van der Waals surface area contributed by atoms with Crippen molar-refractivity contribution in [2.75, 3.05) is 17.2 Å². The largest absolute Gasteiger partial charge is 0.482 e. The van der Waals surface area contributed by atoms with Gasteiger partial charge in [0.15, 0.2) is 12.4 Å². The molecule has 0 saturated heterocycles. The Labute approximate surface area is 144 Å². The van der Waals surface area contributed by atoms with E-state index >= 15 is 0 Å². The molecule has 0 saturated carbocycles. The van der Waals surface area contributed by atoms with Crippen LogP contribution in [0.15, 0.2) is 42.5 Å². The van der Waals surface area contributed by atoms with Crippen LogP contribution in [0.3, 0.4) is 0 Å². The van der Waals surface area contributed by atoms with Crippen molar-refractivity contribution in [3.63, 3.8) is 0 Å². The van der Waals surface area contributed by atoms with Crippen molar-refractivity contribution >= 4 is 29.0 Å². The molecule has 0 unspecified atom stereocenters. The molecule has 0 bridgehead atoms. The predicted octanol–water partition coefficient (Wildman–Crippen LogP) is 3.00. The van der Waals surface area contributed by atoms with Gasteiger partial charge < -0.3 is 15.4 Å². The van der Waals surface area contributed by atoms with Crippen LogP contribution >= 0.6 is 0 Å². The van der Waals surface area contributed by atoms with Gasteiger partial charge in [-0.1, -0.05) is 6.07 Å². The zero-order chi connectivity index (χ0) is 18.4. The van der Waals surface area contributed by atoms with Crippen LogP contribution in [0.4, 0.5) is 15.8 Å². The zero-order valence-corrected chi connectivity index (χ0v) is 13.8. The molecule has 2 amide bonds. The molecule has 0 fully saturated rings. The fourth-order valence-corrected chi connectivity index (χ4v) is 2.06. The summed E-state index contributed by atoms with van der Waals surface area (Å²) in [7, 11) is 0. The predicted molar refractivity (Wildman–Crippen MR) is 91.3 cm³/mol. The molecular weight excluding hydrogens is 327 g/mol. The topological polar surface area (TPSA) is 84.5 Å². The van der Waals surface area contributed by atoms with Gasteiger partial charge in [-0.25, -0.2) is 4.39 Å². The minimum Gasteiger partial charge on any atom is -0.482 e. The Kier molecular flexibility index (Phi) is 5.84. The summed E-state index contributed by atoms with van der Waals surface area (Å²) in [6, 6.07) is 9.97. The highest BCUT2D eigenvalue weighted by Gasteiger charge is 2.11. The number of nitrogens with one attached hydrogen (secondary N) is 2. The van der Waals surface area contributed by atoms with Gasteiger partial charge in [0.2, 0.25) is 5.91 Å². The summed E-state index contributed by atoms with van der Waals surface area (Å²) in [5.74, 6) is -1.28. The van der Waals surface area contributed by atoms with Gasteiger partial charge in [-0.3, -0.25) is 14.4 Å². The molecular formula is C18H17FN2O4. The molecule has 25 heavy (non-hydrogen) atoms. The van der Waals surface area contributed by atoms with Crippen molar-refractivity contribution in [3.05, 3.63) is 53.8 Å². The molecule has 0 spiro atoms. The second kappa shape index (κ2) is 8.05. The van der Waals surface area contributed by atoms with Crippen molar-refractivity contribution < 1.29 is 23.5 Å². The van der Waals surface area contributed by atoms with E-state index in [4.69, 9.17) is 4.74 Å². The summed E-state index contributed by atoms with van der Waals surface area (Å²) in [6.45, 7) is 2.36. The van der Waals surface area contributed by atoms with E-state index in [1.54, 1.807) is 12.1 Å². The molecule has 0 aliphatic carbocycles. The number of ketones is 1. The molecule has 2 aromatic carbocycles. The summed E-state index contributed by atoms with van der Waals surface area (Å²) in [5.41, 5.74) is 1.03. The highest BCUT2D eigenvalue weighted by Crippen LogP contribution is 2.26. The van der Waals surface area contributed by atoms with Crippen LogP contribution in [0, 0.1) is 5.82 Å². The Morgan fingerprint density at radius 1 is 1.04 bits per heavy atom. The average Bonchev–Trinajstić information content (AvgIpc) is 2.53. The average molecular weight is 344 g/mol. The lowest BCUT2D eigenvalue weighted by atomic mass is 10.1. The van der Waals surface area contributed by atoms with Gasteiger partial charge in [-0.2, -0.15) is 0 Å². The zero-order valence-electron chi connectivity index (χ0n) is 13.8. The Balaban J connectivity index is 2.09. The van der Waals surface area contributed by atoms with E-state index in [0.717, 1.165) is 0 Å². The van der Waals surface area contributed by atoms with E-state index in [1.165, 1.54) is 44.2 Å². The minimum absolute atomic E-state index is 0.177. The molecule has 0 aliphatic heterocycles. The molecule has 7 heteroatoms. The molecule has 0 aliphatic rings. The van der Waals surface area contributed by atoms with Crippen LogP contribution in [-0.2, 0) is 9.59 Å². The van der Waals surface area contributed by atoms with Crippen LogP contribution in [0.25, 0.3) is 0 Å². The Bertz CT molecular complexity index is 820.